The first-order chi connectivity index (χ1) is 14.2. The van der Waals surface area contributed by atoms with Crippen molar-refractivity contribution in [3.05, 3.63) is 59.7 Å². The van der Waals surface area contributed by atoms with Gasteiger partial charge in [0.1, 0.15) is 13.2 Å². The summed E-state index contributed by atoms with van der Waals surface area (Å²) >= 11 is 0. The van der Waals surface area contributed by atoms with Crippen LogP contribution in [0.4, 0.5) is 0 Å². The minimum Gasteiger partial charge on any atom is -0.486 e. The quantitative estimate of drug-likeness (QED) is 0.673. The van der Waals surface area contributed by atoms with Gasteiger partial charge in [-0.05, 0) is 43.0 Å². The van der Waals surface area contributed by atoms with Crippen molar-refractivity contribution in [1.82, 2.24) is 4.90 Å². The Balaban J connectivity index is 1.51. The van der Waals surface area contributed by atoms with Crippen LogP contribution in [0.25, 0.3) is 0 Å². The third kappa shape index (κ3) is 4.53. The summed E-state index contributed by atoms with van der Waals surface area (Å²) in [6, 6.07) is 15.2. The van der Waals surface area contributed by atoms with E-state index in [1.54, 1.807) is 18.2 Å². The summed E-state index contributed by atoms with van der Waals surface area (Å²) in [4.78, 5) is 27.1. The lowest BCUT2D eigenvalue weighted by Crippen LogP contribution is -2.33. The van der Waals surface area contributed by atoms with Crippen molar-refractivity contribution in [1.29, 1.82) is 0 Å². The second-order valence-corrected chi connectivity index (χ2v) is 7.38. The number of hydrogen-bond acceptors (Lipinski definition) is 5. The second kappa shape index (κ2) is 8.55. The minimum atomic E-state index is -0.163. The van der Waals surface area contributed by atoms with E-state index in [4.69, 9.17) is 14.2 Å². The molecule has 2 aromatic rings. The predicted molar refractivity (Wildman–Crippen MR) is 107 cm³/mol. The molecule has 152 valence electrons. The zero-order chi connectivity index (χ0) is 20.2. The van der Waals surface area contributed by atoms with Crippen LogP contribution in [0.1, 0.15) is 29.3 Å². The van der Waals surface area contributed by atoms with E-state index in [1.165, 1.54) is 0 Å². The normalized spacial score (nSPS) is 19.3. The molecule has 1 aliphatic heterocycles. The molecule has 0 bridgehead atoms. The molecular formula is C23H25NO5. The molecule has 1 heterocycles. The van der Waals surface area contributed by atoms with Crippen LogP contribution in [0, 0.1) is 11.8 Å². The molecule has 4 rings (SSSR count). The first-order valence-electron chi connectivity index (χ1n) is 10.0. The summed E-state index contributed by atoms with van der Waals surface area (Å²) in [5.74, 6) is 1.04. The monoisotopic (exact) mass is 395 g/mol. The SMILES string of the molecule is CCOC(=O)[C@@H]1C[C@@H]1CN(Cc1ccccc1)C(=O)c1ccc2c(c1)OCCO2. The molecular weight excluding hydrogens is 370 g/mol. The van der Waals surface area contributed by atoms with Crippen LogP contribution in [0.3, 0.4) is 0 Å². The lowest BCUT2D eigenvalue weighted by molar-refractivity contribution is -0.145. The Morgan fingerprint density at radius 1 is 1.07 bits per heavy atom. The summed E-state index contributed by atoms with van der Waals surface area (Å²) in [5, 5.41) is 0. The highest BCUT2D eigenvalue weighted by atomic mass is 16.6. The molecule has 1 amide bonds. The van der Waals surface area contributed by atoms with Crippen LogP contribution < -0.4 is 9.47 Å². The highest BCUT2D eigenvalue weighted by molar-refractivity contribution is 5.95. The standard InChI is InChI=1S/C23H25NO5/c1-2-27-23(26)19-12-18(19)15-24(14-16-6-4-3-5-7-16)22(25)17-8-9-20-21(13-17)29-11-10-28-20/h3-9,13,18-19H,2,10-12,14-15H2,1H3/t18-,19-/m1/s1. The molecule has 2 atom stereocenters. The van der Waals surface area contributed by atoms with Gasteiger partial charge in [-0.1, -0.05) is 30.3 Å². The van der Waals surface area contributed by atoms with E-state index in [9.17, 15) is 9.59 Å². The van der Waals surface area contributed by atoms with E-state index in [0.717, 1.165) is 12.0 Å². The van der Waals surface area contributed by atoms with Gasteiger partial charge in [0.05, 0.1) is 12.5 Å². The largest absolute Gasteiger partial charge is 0.486 e. The van der Waals surface area contributed by atoms with Crippen LogP contribution in [0.5, 0.6) is 11.5 Å². The number of benzene rings is 2. The summed E-state index contributed by atoms with van der Waals surface area (Å²) in [6.45, 7) is 4.18. The lowest BCUT2D eigenvalue weighted by Gasteiger charge is -2.24. The second-order valence-electron chi connectivity index (χ2n) is 7.38. The summed E-state index contributed by atoms with van der Waals surface area (Å²) < 4.78 is 16.3. The van der Waals surface area contributed by atoms with Gasteiger partial charge in [-0.3, -0.25) is 9.59 Å². The molecule has 29 heavy (non-hydrogen) atoms. The fraction of sp³-hybridized carbons (Fsp3) is 0.391. The van der Waals surface area contributed by atoms with Crippen LogP contribution >= 0.6 is 0 Å². The Kier molecular flexibility index (Phi) is 5.69. The van der Waals surface area contributed by atoms with E-state index < -0.39 is 0 Å². The van der Waals surface area contributed by atoms with Crippen LogP contribution in [-0.2, 0) is 16.1 Å². The van der Waals surface area contributed by atoms with Gasteiger partial charge in [0, 0.05) is 18.7 Å². The number of rotatable bonds is 7. The molecule has 2 aliphatic rings. The van der Waals surface area contributed by atoms with Gasteiger partial charge >= 0.3 is 5.97 Å². The maximum atomic E-state index is 13.3. The lowest BCUT2D eigenvalue weighted by atomic mass is 10.1. The number of hydrogen-bond donors (Lipinski definition) is 0. The minimum absolute atomic E-state index is 0.0830. The number of esters is 1. The predicted octanol–water partition coefficient (Wildman–Crippen LogP) is 3.30. The average molecular weight is 395 g/mol. The van der Waals surface area contributed by atoms with Crippen molar-refractivity contribution in [2.24, 2.45) is 11.8 Å². The van der Waals surface area contributed by atoms with Crippen molar-refractivity contribution in [2.75, 3.05) is 26.4 Å². The topological polar surface area (TPSA) is 65.1 Å². The molecule has 6 heteroatoms. The van der Waals surface area contributed by atoms with Gasteiger partial charge in [-0.25, -0.2) is 0 Å². The maximum absolute atomic E-state index is 13.3. The molecule has 1 aliphatic carbocycles. The molecule has 0 N–H and O–H groups in total. The summed E-state index contributed by atoms with van der Waals surface area (Å²) in [6.07, 6.45) is 0.762. The fourth-order valence-electron chi connectivity index (χ4n) is 3.65. The smallest absolute Gasteiger partial charge is 0.309 e. The highest BCUT2D eigenvalue weighted by Gasteiger charge is 2.45. The molecule has 1 fully saturated rings. The maximum Gasteiger partial charge on any atom is 0.309 e. The van der Waals surface area contributed by atoms with Crippen LogP contribution in [0.2, 0.25) is 0 Å². The molecule has 2 aromatic carbocycles. The van der Waals surface area contributed by atoms with Crippen LogP contribution in [-0.4, -0.2) is 43.1 Å². The van der Waals surface area contributed by atoms with Crippen molar-refractivity contribution in [3.8, 4) is 11.5 Å². The summed E-state index contributed by atoms with van der Waals surface area (Å²) in [5.41, 5.74) is 1.60. The Morgan fingerprint density at radius 3 is 2.59 bits per heavy atom. The molecule has 6 nitrogen and oxygen atoms in total. The zero-order valence-electron chi connectivity index (χ0n) is 16.5. The Bertz CT molecular complexity index is 882. The molecule has 0 radical (unpaired) electrons. The van der Waals surface area contributed by atoms with Gasteiger partial charge in [-0.2, -0.15) is 0 Å². The first kappa shape index (κ1) is 19.3. The van der Waals surface area contributed by atoms with E-state index in [2.05, 4.69) is 0 Å². The number of fused-ring (bicyclic) bond motifs is 1. The highest BCUT2D eigenvalue weighted by Crippen LogP contribution is 2.40. The third-order valence-electron chi connectivity index (χ3n) is 5.26. The van der Waals surface area contributed by atoms with Gasteiger partial charge in [0.25, 0.3) is 5.91 Å². The first-order valence-corrected chi connectivity index (χ1v) is 10.0. The van der Waals surface area contributed by atoms with Crippen molar-refractivity contribution >= 4 is 11.9 Å². The number of carbonyl (C=O) groups is 2. The third-order valence-corrected chi connectivity index (χ3v) is 5.26. The van der Waals surface area contributed by atoms with Crippen molar-refractivity contribution in [2.45, 2.75) is 19.9 Å². The van der Waals surface area contributed by atoms with Gasteiger partial charge < -0.3 is 19.1 Å². The molecule has 0 unspecified atom stereocenters. The van der Waals surface area contributed by atoms with Gasteiger partial charge in [-0.15, -0.1) is 0 Å². The Morgan fingerprint density at radius 2 is 1.83 bits per heavy atom. The Hall–Kier alpha value is -3.02. The fourth-order valence-corrected chi connectivity index (χ4v) is 3.65. The Labute approximate surface area is 170 Å². The molecule has 0 spiro atoms. The summed E-state index contributed by atoms with van der Waals surface area (Å²) in [7, 11) is 0. The number of amides is 1. The van der Waals surface area contributed by atoms with Crippen molar-refractivity contribution in [3.63, 3.8) is 0 Å². The van der Waals surface area contributed by atoms with E-state index in [1.807, 2.05) is 42.2 Å². The molecule has 0 aromatic heterocycles. The van der Waals surface area contributed by atoms with Crippen molar-refractivity contribution < 1.29 is 23.8 Å². The van der Waals surface area contributed by atoms with E-state index in [-0.39, 0.29) is 23.7 Å². The van der Waals surface area contributed by atoms with Crippen LogP contribution in [0.15, 0.2) is 48.5 Å². The number of nitrogens with zero attached hydrogens (tertiary/aromatic N) is 1. The van der Waals surface area contributed by atoms with E-state index in [0.29, 0.717) is 50.0 Å². The number of ether oxygens (including phenoxy) is 3. The number of carbonyl (C=O) groups excluding carboxylic acids is 2. The zero-order valence-corrected chi connectivity index (χ0v) is 16.5. The van der Waals surface area contributed by atoms with Gasteiger partial charge in [0.2, 0.25) is 0 Å². The average Bonchev–Trinajstić information content (AvgIpc) is 3.53. The van der Waals surface area contributed by atoms with Gasteiger partial charge in [0.15, 0.2) is 11.5 Å². The molecule has 0 saturated heterocycles. The van der Waals surface area contributed by atoms with E-state index >= 15 is 0 Å². The molecule has 1 saturated carbocycles.